The van der Waals surface area contributed by atoms with Gasteiger partial charge in [0.25, 0.3) is 5.56 Å². The smallest absolute Gasteiger partial charge is 0.330 e. The number of ether oxygens (including phenoxy) is 4. The quantitative estimate of drug-likeness (QED) is 0.0281. The molecule has 3 aromatic carbocycles. The number of methoxy groups -OCH3 is 2. The molecule has 0 radical (unpaired) electrons. The standard InChI is InChI=1S/C45H62N5O9PSi/c1-31(2)50(32(3)4,29-15-27-46)48-60(53)58-40-38(57-42(49-28-26-39(51)47-43(49)52)41(40)59-61(10,11)44(5,6)7)30-56-45(33-16-13-12-14-17-33,34-18-22-36(54-8)23-19-34)35-20-24-37(55-9)25-21-35/h12-14,16-26,28,31-32,38,40-42,48,53H,15,29-30H2,1-11H3/p+1/t38-,40-,41-,42-,60?/m1/s1. The Labute approximate surface area is 362 Å². The van der Waals surface area contributed by atoms with Crippen molar-refractivity contribution in [1.29, 1.82) is 5.26 Å². The Balaban J connectivity index is 1.70. The summed E-state index contributed by atoms with van der Waals surface area (Å²) in [5, 5.41) is 12.7. The van der Waals surface area contributed by atoms with Crippen molar-refractivity contribution < 1.29 is 37.4 Å². The van der Waals surface area contributed by atoms with Crippen molar-refractivity contribution in [1.82, 2.24) is 14.7 Å². The maximum absolute atomic E-state index is 13.6. The summed E-state index contributed by atoms with van der Waals surface area (Å²) in [7, 11) is -1.88. The first-order valence-corrected chi connectivity index (χ1v) is 24.8. The van der Waals surface area contributed by atoms with Gasteiger partial charge in [0.1, 0.15) is 54.0 Å². The third kappa shape index (κ3) is 10.4. The molecule has 0 aliphatic carbocycles. The Morgan fingerprint density at radius 1 is 0.885 bits per heavy atom. The Hall–Kier alpha value is -4.20. The molecule has 0 spiro atoms. The fraction of sp³-hybridized carbons (Fsp3) is 0.489. The zero-order chi connectivity index (χ0) is 44.8. The Morgan fingerprint density at radius 3 is 1.90 bits per heavy atom. The predicted molar refractivity (Wildman–Crippen MR) is 238 cm³/mol. The van der Waals surface area contributed by atoms with Crippen molar-refractivity contribution in [3.8, 4) is 17.6 Å². The number of nitriles is 1. The molecule has 1 aliphatic heterocycles. The Bertz CT molecular complexity index is 2130. The number of benzene rings is 3. The van der Waals surface area contributed by atoms with Gasteiger partial charge in [0.15, 0.2) is 14.5 Å². The first-order chi connectivity index (χ1) is 28.8. The van der Waals surface area contributed by atoms with Crippen LogP contribution in [0.4, 0.5) is 0 Å². The highest BCUT2D eigenvalue weighted by atomic mass is 31.2. The second-order valence-corrected chi connectivity index (χ2v) is 23.1. The minimum absolute atomic E-state index is 0.0414. The highest BCUT2D eigenvalue weighted by molar-refractivity contribution is 7.43. The fourth-order valence-electron chi connectivity index (χ4n) is 7.67. The van der Waals surface area contributed by atoms with Crippen LogP contribution in [0.3, 0.4) is 0 Å². The minimum Gasteiger partial charge on any atom is -0.497 e. The first kappa shape index (κ1) is 47.8. The summed E-state index contributed by atoms with van der Waals surface area (Å²) in [6.07, 6.45) is -2.37. The molecule has 1 unspecified atom stereocenters. The van der Waals surface area contributed by atoms with Crippen LogP contribution in [-0.2, 0) is 24.0 Å². The number of quaternary nitrogens is 1. The minimum atomic E-state index is -2.68. The molecule has 1 saturated heterocycles. The molecule has 0 amide bonds. The van der Waals surface area contributed by atoms with Crippen LogP contribution in [-0.4, -0.2) is 85.1 Å². The monoisotopic (exact) mass is 876 g/mol. The lowest BCUT2D eigenvalue weighted by Gasteiger charge is -2.45. The lowest BCUT2D eigenvalue weighted by atomic mass is 9.80. The molecule has 5 rings (SSSR count). The molecule has 61 heavy (non-hydrogen) atoms. The molecule has 4 aromatic rings. The van der Waals surface area contributed by atoms with Crippen LogP contribution in [0.25, 0.3) is 0 Å². The average molecular weight is 877 g/mol. The van der Waals surface area contributed by atoms with Gasteiger partial charge in [-0.15, -0.1) is 0 Å². The van der Waals surface area contributed by atoms with E-state index >= 15 is 0 Å². The van der Waals surface area contributed by atoms with Crippen molar-refractivity contribution in [3.05, 3.63) is 129 Å². The third-order valence-corrected chi connectivity index (χ3v) is 17.7. The van der Waals surface area contributed by atoms with Crippen molar-refractivity contribution in [2.75, 3.05) is 27.4 Å². The van der Waals surface area contributed by atoms with Gasteiger partial charge in [0.2, 0.25) is 0 Å². The Kier molecular flexibility index (Phi) is 15.6. The van der Waals surface area contributed by atoms with Crippen LogP contribution in [0.15, 0.2) is 101 Å². The highest BCUT2D eigenvalue weighted by Gasteiger charge is 2.54. The van der Waals surface area contributed by atoms with Gasteiger partial charge >= 0.3 is 14.2 Å². The highest BCUT2D eigenvalue weighted by Crippen LogP contribution is 2.48. The number of aromatic amines is 1. The normalized spacial score (nSPS) is 19.2. The molecule has 1 aliphatic rings. The van der Waals surface area contributed by atoms with Gasteiger partial charge in [-0.05, 0) is 86.8 Å². The van der Waals surface area contributed by atoms with Crippen molar-refractivity contribution in [3.63, 3.8) is 0 Å². The second kappa shape index (κ2) is 19.9. The van der Waals surface area contributed by atoms with Gasteiger partial charge in [-0.3, -0.25) is 14.3 Å². The van der Waals surface area contributed by atoms with Gasteiger partial charge < -0.3 is 32.8 Å². The van der Waals surface area contributed by atoms with E-state index < -0.39 is 58.2 Å². The van der Waals surface area contributed by atoms with Gasteiger partial charge in [0.05, 0.1) is 33.3 Å². The van der Waals surface area contributed by atoms with Crippen LogP contribution >= 0.6 is 8.53 Å². The summed E-state index contributed by atoms with van der Waals surface area (Å²) in [6.45, 7) is 19.0. The van der Waals surface area contributed by atoms with Crippen LogP contribution in [0.1, 0.15) is 77.8 Å². The second-order valence-electron chi connectivity index (χ2n) is 17.4. The molecule has 3 N–H and O–H groups in total. The van der Waals surface area contributed by atoms with Gasteiger partial charge in [0, 0.05) is 12.3 Å². The Morgan fingerprint density at radius 2 is 1.43 bits per heavy atom. The van der Waals surface area contributed by atoms with Gasteiger partial charge in [-0.2, -0.15) is 5.26 Å². The topological polar surface area (TPSA) is 166 Å². The van der Waals surface area contributed by atoms with E-state index in [2.05, 4.69) is 50.1 Å². The summed E-state index contributed by atoms with van der Waals surface area (Å²) < 4.78 is 40.8. The maximum atomic E-state index is 13.6. The predicted octanol–water partition coefficient (Wildman–Crippen LogP) is 7.51. The van der Waals surface area contributed by atoms with E-state index in [1.807, 2.05) is 107 Å². The maximum Gasteiger partial charge on any atom is 0.330 e. The first-order valence-electron chi connectivity index (χ1n) is 20.6. The number of hydrogen-bond donors (Lipinski definition) is 3. The molecular formula is C45H63N5O9PSi+. The molecular weight excluding hydrogens is 814 g/mol. The molecule has 14 nitrogen and oxygen atoms in total. The van der Waals surface area contributed by atoms with Crippen molar-refractivity contribution in [2.45, 2.75) is 115 Å². The SMILES string of the molecule is COc1ccc(C(OC[C@H]2O[C@@H](n3ccc(=O)[nH]c3=O)[C@H](O[Si](C)(C)C(C)(C)C)[C@@H]2OP(O)N[N+](CCC#N)(C(C)C)C(C)C)(c2ccccc2)c2ccc(OC)cc2)cc1. The molecule has 1 fully saturated rings. The summed E-state index contributed by atoms with van der Waals surface area (Å²) in [6, 6.07) is 28.6. The number of nitrogens with one attached hydrogen (secondary N) is 2. The molecule has 0 saturated carbocycles. The fourth-order valence-corrected chi connectivity index (χ4v) is 10.4. The number of hydrogen-bond acceptors (Lipinski definition) is 11. The zero-order valence-corrected chi connectivity index (χ0v) is 39.1. The average Bonchev–Trinajstić information content (AvgIpc) is 3.54. The van der Waals surface area contributed by atoms with Crippen LogP contribution in [0.5, 0.6) is 11.5 Å². The summed E-state index contributed by atoms with van der Waals surface area (Å²) in [5.41, 5.74) is -0.0747. The lowest BCUT2D eigenvalue weighted by molar-refractivity contribution is -0.994. The molecule has 0 bridgehead atoms. The molecule has 1 aromatic heterocycles. The van der Waals surface area contributed by atoms with Crippen LogP contribution in [0.2, 0.25) is 18.1 Å². The molecule has 5 atom stereocenters. The third-order valence-electron chi connectivity index (χ3n) is 12.2. The number of H-pyrrole nitrogens is 1. The molecule has 2 heterocycles. The van der Waals surface area contributed by atoms with E-state index in [0.717, 1.165) is 16.7 Å². The summed E-state index contributed by atoms with van der Waals surface area (Å²) in [5.74, 6) is 1.34. The van der Waals surface area contributed by atoms with Crippen LogP contribution in [0, 0.1) is 11.3 Å². The lowest BCUT2D eigenvalue weighted by Crippen LogP contribution is -2.64. The van der Waals surface area contributed by atoms with Gasteiger partial charge in [-0.25, -0.2) is 9.39 Å². The number of nitrogens with zero attached hydrogens (tertiary/aromatic N) is 3. The van der Waals surface area contributed by atoms with E-state index in [1.54, 1.807) is 14.2 Å². The summed E-state index contributed by atoms with van der Waals surface area (Å²) in [4.78, 5) is 40.4. The van der Waals surface area contributed by atoms with Crippen molar-refractivity contribution in [2.24, 2.45) is 0 Å². The molecule has 16 heteroatoms. The van der Waals surface area contributed by atoms with E-state index in [4.69, 9.17) is 27.9 Å². The van der Waals surface area contributed by atoms with Crippen molar-refractivity contribution >= 4 is 16.8 Å². The molecule has 330 valence electrons. The van der Waals surface area contributed by atoms with E-state index in [1.165, 1.54) is 16.8 Å². The number of rotatable bonds is 19. The summed E-state index contributed by atoms with van der Waals surface area (Å²) >= 11 is 0. The largest absolute Gasteiger partial charge is 0.497 e. The van der Waals surface area contributed by atoms with Gasteiger partial charge in [-0.1, -0.05) is 80.6 Å². The number of aromatic nitrogens is 2. The van der Waals surface area contributed by atoms with E-state index in [9.17, 15) is 19.7 Å². The van der Waals surface area contributed by atoms with Crippen LogP contribution < -0.4 is 25.9 Å². The van der Waals surface area contributed by atoms with E-state index in [0.29, 0.717) is 18.0 Å². The van der Waals surface area contributed by atoms with E-state index in [-0.39, 0.29) is 34.7 Å². The zero-order valence-electron chi connectivity index (χ0n) is 37.2.